The first kappa shape index (κ1) is 19.5. The summed E-state index contributed by atoms with van der Waals surface area (Å²) in [5.41, 5.74) is 3.00. The second kappa shape index (κ2) is 9.61. The maximum Gasteiger partial charge on any atom is 0.258 e. The summed E-state index contributed by atoms with van der Waals surface area (Å²) in [6.45, 7) is 0.509. The maximum atomic E-state index is 13.0. The Labute approximate surface area is 161 Å². The van der Waals surface area contributed by atoms with Crippen LogP contribution >= 0.6 is 0 Å². The number of ether oxygens (including phenoxy) is 1. The van der Waals surface area contributed by atoms with Gasteiger partial charge in [-0.25, -0.2) is 9.87 Å². The van der Waals surface area contributed by atoms with Gasteiger partial charge in [0.15, 0.2) is 0 Å². The molecule has 0 aliphatic heterocycles. The van der Waals surface area contributed by atoms with E-state index in [1.54, 1.807) is 23.7 Å². The Morgan fingerprint density at radius 3 is 2.71 bits per heavy atom. The average Bonchev–Trinajstić information content (AvgIpc) is 3.21. The average molecular weight is 385 g/mol. The number of aromatic nitrogens is 2. The number of amides is 1. The van der Waals surface area contributed by atoms with Crippen LogP contribution in [0, 0.1) is 5.82 Å². The second-order valence-electron chi connectivity index (χ2n) is 6.15. The number of carbonyl (C=O) groups excluding carboxylic acids is 1. The Morgan fingerprint density at radius 2 is 1.93 bits per heavy atom. The Hall–Kier alpha value is -3.26. The second-order valence-corrected chi connectivity index (χ2v) is 6.15. The fraction of sp³-hybridized carbons (Fsp3) is 0.250. The van der Waals surface area contributed by atoms with Crippen molar-refractivity contribution in [3.63, 3.8) is 0 Å². The largest absolute Gasteiger partial charge is 0.494 e. The van der Waals surface area contributed by atoms with Crippen LogP contribution < -0.4 is 10.2 Å². The minimum absolute atomic E-state index is 0.291. The molecule has 3 aromatic rings. The van der Waals surface area contributed by atoms with Gasteiger partial charge < -0.3 is 9.26 Å². The van der Waals surface area contributed by atoms with Crippen LogP contribution in [0.5, 0.6) is 5.75 Å². The Kier molecular flexibility index (Phi) is 6.69. The molecule has 28 heavy (non-hydrogen) atoms. The van der Waals surface area contributed by atoms with Gasteiger partial charge in [0.05, 0.1) is 6.61 Å². The molecule has 2 N–H and O–H groups in total. The van der Waals surface area contributed by atoms with Crippen molar-refractivity contribution in [3.05, 3.63) is 54.3 Å². The van der Waals surface area contributed by atoms with Crippen LogP contribution in [0.4, 0.5) is 4.39 Å². The molecule has 8 heteroatoms. The van der Waals surface area contributed by atoms with E-state index < -0.39 is 0 Å². The van der Waals surface area contributed by atoms with Crippen LogP contribution in [0.2, 0.25) is 0 Å². The zero-order valence-corrected chi connectivity index (χ0v) is 15.1. The monoisotopic (exact) mass is 385 g/mol. The number of nitrogens with zero attached hydrogens (tertiary/aromatic N) is 2. The Bertz CT molecular complexity index is 912. The molecule has 0 aliphatic carbocycles. The Morgan fingerprint density at radius 1 is 1.11 bits per heavy atom. The van der Waals surface area contributed by atoms with Gasteiger partial charge in [-0.2, -0.15) is 4.98 Å². The molecule has 3 rings (SSSR count). The van der Waals surface area contributed by atoms with Crippen molar-refractivity contribution in [1.29, 1.82) is 0 Å². The van der Waals surface area contributed by atoms with Gasteiger partial charge in [0.2, 0.25) is 11.7 Å². The molecule has 1 amide bonds. The number of carbonyl (C=O) groups is 1. The number of nitrogens with one attached hydrogen (secondary N) is 1. The van der Waals surface area contributed by atoms with Crippen molar-refractivity contribution in [2.75, 3.05) is 6.61 Å². The molecule has 0 unspecified atom stereocenters. The fourth-order valence-corrected chi connectivity index (χ4v) is 2.59. The van der Waals surface area contributed by atoms with Crippen LogP contribution in [0.15, 0.2) is 53.1 Å². The molecule has 0 atom stereocenters. The molecule has 1 aromatic heterocycles. The zero-order valence-electron chi connectivity index (χ0n) is 15.1. The number of benzene rings is 2. The van der Waals surface area contributed by atoms with Crippen molar-refractivity contribution >= 4 is 5.91 Å². The van der Waals surface area contributed by atoms with E-state index in [2.05, 4.69) is 10.1 Å². The first-order valence-corrected chi connectivity index (χ1v) is 8.91. The molecule has 1 heterocycles. The third kappa shape index (κ3) is 5.37. The molecule has 7 nitrogen and oxygen atoms in total. The van der Waals surface area contributed by atoms with E-state index in [0.717, 1.165) is 18.4 Å². The lowest BCUT2D eigenvalue weighted by Gasteiger charge is -2.06. The summed E-state index contributed by atoms with van der Waals surface area (Å²) in [4.78, 5) is 15.3. The molecule has 0 aliphatic rings. The number of halogens is 1. The summed E-state index contributed by atoms with van der Waals surface area (Å²) in [6.07, 6.45) is 2.58. The minimum Gasteiger partial charge on any atom is -0.494 e. The fourth-order valence-electron chi connectivity index (χ4n) is 2.59. The standard InChI is InChI=1S/C20H20FN3O4/c21-16-10-8-14(9-11-16)19-22-20(28-24-19)15-5-4-6-17(13-15)27-12-3-1-2-7-18(25)23-26/h4-6,8-11,13,26H,1-3,7,12H2,(H,23,25). The predicted molar refractivity (Wildman–Crippen MR) is 99.0 cm³/mol. The molecular formula is C20H20FN3O4. The normalized spacial score (nSPS) is 10.6. The van der Waals surface area contributed by atoms with Gasteiger partial charge in [0.1, 0.15) is 11.6 Å². The molecule has 0 radical (unpaired) electrons. The quantitative estimate of drug-likeness (QED) is 0.328. The van der Waals surface area contributed by atoms with Crippen LogP contribution in [0.25, 0.3) is 22.8 Å². The molecule has 0 saturated carbocycles. The molecule has 0 bridgehead atoms. The van der Waals surface area contributed by atoms with Crippen molar-refractivity contribution in [1.82, 2.24) is 15.6 Å². The third-order valence-electron chi connectivity index (χ3n) is 4.05. The number of hydrogen-bond acceptors (Lipinski definition) is 6. The highest BCUT2D eigenvalue weighted by atomic mass is 19.1. The lowest BCUT2D eigenvalue weighted by molar-refractivity contribution is -0.129. The number of rotatable bonds is 9. The predicted octanol–water partition coefficient (Wildman–Crippen LogP) is 3.99. The summed E-state index contributed by atoms with van der Waals surface area (Å²) in [5, 5.41) is 12.4. The van der Waals surface area contributed by atoms with Gasteiger partial charge in [-0.15, -0.1) is 0 Å². The number of hydroxylamine groups is 1. The van der Waals surface area contributed by atoms with Crippen molar-refractivity contribution in [2.45, 2.75) is 25.7 Å². The van der Waals surface area contributed by atoms with Gasteiger partial charge in [0.25, 0.3) is 5.89 Å². The first-order valence-electron chi connectivity index (χ1n) is 8.91. The van der Waals surface area contributed by atoms with Crippen LogP contribution in [-0.2, 0) is 4.79 Å². The van der Waals surface area contributed by atoms with Gasteiger partial charge >= 0.3 is 0 Å². The van der Waals surface area contributed by atoms with Crippen molar-refractivity contribution in [2.24, 2.45) is 0 Å². The highest BCUT2D eigenvalue weighted by Gasteiger charge is 2.11. The van der Waals surface area contributed by atoms with E-state index in [4.69, 9.17) is 14.5 Å². The molecule has 0 spiro atoms. The van der Waals surface area contributed by atoms with Gasteiger partial charge in [0, 0.05) is 17.5 Å². The molecule has 146 valence electrons. The topological polar surface area (TPSA) is 97.5 Å². The molecule has 2 aromatic carbocycles. The summed E-state index contributed by atoms with van der Waals surface area (Å²) in [5.74, 6) is 0.697. The highest BCUT2D eigenvalue weighted by Crippen LogP contribution is 2.25. The van der Waals surface area contributed by atoms with E-state index in [1.807, 2.05) is 18.2 Å². The minimum atomic E-state index is -0.381. The van der Waals surface area contributed by atoms with Crippen molar-refractivity contribution < 1.29 is 23.7 Å². The van der Waals surface area contributed by atoms with Crippen LogP contribution in [-0.4, -0.2) is 27.9 Å². The first-order chi connectivity index (χ1) is 13.7. The maximum absolute atomic E-state index is 13.0. The zero-order chi connectivity index (χ0) is 19.8. The van der Waals surface area contributed by atoms with E-state index in [-0.39, 0.29) is 11.7 Å². The van der Waals surface area contributed by atoms with E-state index in [0.29, 0.717) is 42.5 Å². The summed E-state index contributed by atoms with van der Waals surface area (Å²) in [7, 11) is 0. The molecule has 0 saturated heterocycles. The number of hydrogen-bond donors (Lipinski definition) is 2. The SMILES string of the molecule is O=C(CCCCCOc1cccc(-c2nc(-c3ccc(F)cc3)no2)c1)NO. The summed E-state index contributed by atoms with van der Waals surface area (Å²) >= 11 is 0. The third-order valence-corrected chi connectivity index (χ3v) is 4.05. The van der Waals surface area contributed by atoms with Crippen molar-refractivity contribution in [3.8, 4) is 28.6 Å². The molecule has 0 fully saturated rings. The lowest BCUT2D eigenvalue weighted by Crippen LogP contribution is -2.17. The lowest BCUT2D eigenvalue weighted by atomic mass is 10.2. The van der Waals surface area contributed by atoms with Crippen LogP contribution in [0.3, 0.4) is 0 Å². The van der Waals surface area contributed by atoms with Gasteiger partial charge in [-0.05, 0) is 61.7 Å². The summed E-state index contributed by atoms with van der Waals surface area (Å²) in [6, 6.07) is 13.2. The van der Waals surface area contributed by atoms with Gasteiger partial charge in [-0.1, -0.05) is 11.2 Å². The van der Waals surface area contributed by atoms with E-state index in [9.17, 15) is 9.18 Å². The van der Waals surface area contributed by atoms with E-state index in [1.165, 1.54) is 12.1 Å². The highest BCUT2D eigenvalue weighted by molar-refractivity contribution is 5.74. The van der Waals surface area contributed by atoms with E-state index >= 15 is 0 Å². The van der Waals surface area contributed by atoms with Crippen LogP contribution in [0.1, 0.15) is 25.7 Å². The smallest absolute Gasteiger partial charge is 0.258 e. The summed E-state index contributed by atoms with van der Waals surface area (Å²) < 4.78 is 24.1. The molecular weight excluding hydrogens is 365 g/mol. The number of unbranched alkanes of at least 4 members (excludes halogenated alkanes) is 2. The Balaban J connectivity index is 1.55. The van der Waals surface area contributed by atoms with Gasteiger partial charge in [-0.3, -0.25) is 10.0 Å².